The topological polar surface area (TPSA) is 115 Å². The van der Waals surface area contributed by atoms with Gasteiger partial charge in [0.25, 0.3) is 0 Å². The van der Waals surface area contributed by atoms with E-state index in [4.69, 9.17) is 28.8 Å². The van der Waals surface area contributed by atoms with Crippen molar-refractivity contribution < 1.29 is 9.59 Å². The molecule has 0 bridgehead atoms. The standard InChI is InChI=1S/C10H13ClN4O2/c11-6-1-2-7(12)8(3-6)15(4-9(13)16)5-10(14)17/h1-3H,4-5,12H2,(H2,13,16)(H2,14,17). The Morgan fingerprint density at radius 1 is 1.18 bits per heavy atom. The van der Waals surface area contributed by atoms with Crippen LogP contribution in [0.3, 0.4) is 0 Å². The van der Waals surface area contributed by atoms with Crippen LogP contribution in [0.15, 0.2) is 18.2 Å². The van der Waals surface area contributed by atoms with Crippen molar-refractivity contribution in [1.82, 2.24) is 0 Å². The van der Waals surface area contributed by atoms with Gasteiger partial charge in [0.15, 0.2) is 0 Å². The minimum Gasteiger partial charge on any atom is -0.397 e. The molecule has 6 N–H and O–H groups in total. The fourth-order valence-electron chi connectivity index (χ4n) is 1.39. The fourth-order valence-corrected chi connectivity index (χ4v) is 1.56. The predicted octanol–water partition coefficient (Wildman–Crippen LogP) is -0.301. The van der Waals surface area contributed by atoms with Crippen molar-refractivity contribution >= 4 is 34.8 Å². The number of nitrogens with zero attached hydrogens (tertiary/aromatic N) is 1. The summed E-state index contributed by atoms with van der Waals surface area (Å²) in [6.07, 6.45) is 0. The highest BCUT2D eigenvalue weighted by Gasteiger charge is 2.15. The maximum Gasteiger partial charge on any atom is 0.236 e. The average molecular weight is 257 g/mol. The molecule has 1 aromatic rings. The third-order valence-electron chi connectivity index (χ3n) is 2.03. The van der Waals surface area contributed by atoms with Crippen LogP contribution in [0.2, 0.25) is 5.02 Å². The lowest BCUT2D eigenvalue weighted by atomic mass is 10.2. The molecule has 17 heavy (non-hydrogen) atoms. The van der Waals surface area contributed by atoms with Crippen LogP contribution in [0.5, 0.6) is 0 Å². The number of benzene rings is 1. The first kappa shape index (κ1) is 13.1. The second-order valence-corrected chi connectivity index (χ2v) is 3.93. The van der Waals surface area contributed by atoms with E-state index >= 15 is 0 Å². The zero-order valence-electron chi connectivity index (χ0n) is 9.02. The van der Waals surface area contributed by atoms with Crippen LogP contribution in [0.25, 0.3) is 0 Å². The molecule has 1 aromatic carbocycles. The van der Waals surface area contributed by atoms with Gasteiger partial charge < -0.3 is 22.1 Å². The number of halogens is 1. The lowest BCUT2D eigenvalue weighted by molar-refractivity contribution is -0.117. The number of nitrogen functional groups attached to an aromatic ring is 1. The first-order valence-corrected chi connectivity index (χ1v) is 5.14. The van der Waals surface area contributed by atoms with Gasteiger partial charge in [-0.25, -0.2) is 0 Å². The number of hydrogen-bond donors (Lipinski definition) is 3. The van der Waals surface area contributed by atoms with Crippen LogP contribution in [0, 0.1) is 0 Å². The summed E-state index contributed by atoms with van der Waals surface area (Å²) in [7, 11) is 0. The van der Waals surface area contributed by atoms with Crippen LogP contribution >= 0.6 is 11.6 Å². The van der Waals surface area contributed by atoms with Gasteiger partial charge in [0.05, 0.1) is 24.5 Å². The van der Waals surface area contributed by atoms with Gasteiger partial charge in [-0.05, 0) is 18.2 Å². The summed E-state index contributed by atoms with van der Waals surface area (Å²) in [5, 5.41) is 0.438. The largest absolute Gasteiger partial charge is 0.397 e. The Bertz CT molecular complexity index is 434. The van der Waals surface area contributed by atoms with Crippen molar-refractivity contribution in [3.05, 3.63) is 23.2 Å². The van der Waals surface area contributed by atoms with Crippen LogP contribution in [0.4, 0.5) is 11.4 Å². The number of rotatable bonds is 5. The van der Waals surface area contributed by atoms with Crippen LogP contribution < -0.4 is 22.1 Å². The number of amides is 2. The van der Waals surface area contributed by atoms with Crippen molar-refractivity contribution in [2.45, 2.75) is 0 Å². The van der Waals surface area contributed by atoms with E-state index in [-0.39, 0.29) is 13.1 Å². The molecule has 0 aliphatic carbocycles. The highest BCUT2D eigenvalue weighted by atomic mass is 35.5. The Morgan fingerprint density at radius 2 is 1.71 bits per heavy atom. The molecule has 0 spiro atoms. The number of carbonyl (C=O) groups excluding carboxylic acids is 2. The molecule has 0 aliphatic heterocycles. The molecule has 0 aromatic heterocycles. The highest BCUT2D eigenvalue weighted by Crippen LogP contribution is 2.26. The van der Waals surface area contributed by atoms with E-state index in [1.54, 1.807) is 18.2 Å². The van der Waals surface area contributed by atoms with E-state index in [1.807, 2.05) is 0 Å². The maximum atomic E-state index is 10.9. The predicted molar refractivity (Wildman–Crippen MR) is 66.5 cm³/mol. The van der Waals surface area contributed by atoms with Gasteiger partial charge >= 0.3 is 0 Å². The average Bonchev–Trinajstić information content (AvgIpc) is 2.19. The van der Waals surface area contributed by atoms with Gasteiger partial charge in [-0.2, -0.15) is 0 Å². The van der Waals surface area contributed by atoms with E-state index in [9.17, 15) is 9.59 Å². The second-order valence-electron chi connectivity index (χ2n) is 3.49. The Kier molecular flexibility index (Phi) is 4.17. The Balaban J connectivity index is 3.06. The normalized spacial score (nSPS) is 9.94. The minimum absolute atomic E-state index is 0.159. The molecule has 92 valence electrons. The van der Waals surface area contributed by atoms with Gasteiger partial charge in [-0.3, -0.25) is 9.59 Å². The third kappa shape index (κ3) is 3.84. The summed E-state index contributed by atoms with van der Waals surface area (Å²) in [6.45, 7) is -0.318. The lowest BCUT2D eigenvalue weighted by Crippen LogP contribution is -2.40. The van der Waals surface area contributed by atoms with Crippen LogP contribution in [-0.4, -0.2) is 24.9 Å². The van der Waals surface area contributed by atoms with Gasteiger partial charge in [0, 0.05) is 5.02 Å². The molecule has 2 amide bonds. The minimum atomic E-state index is -0.592. The lowest BCUT2D eigenvalue weighted by Gasteiger charge is -2.23. The number of anilines is 2. The molecule has 0 unspecified atom stereocenters. The van der Waals surface area contributed by atoms with E-state index in [1.165, 1.54) is 4.90 Å². The van der Waals surface area contributed by atoms with Gasteiger partial charge in [-0.1, -0.05) is 11.6 Å². The molecule has 0 saturated heterocycles. The zero-order valence-corrected chi connectivity index (χ0v) is 9.78. The SMILES string of the molecule is NC(=O)CN(CC(N)=O)c1cc(Cl)ccc1N. The number of primary amides is 2. The third-order valence-corrected chi connectivity index (χ3v) is 2.26. The Morgan fingerprint density at radius 3 is 2.18 bits per heavy atom. The van der Waals surface area contributed by atoms with Crippen molar-refractivity contribution in [2.75, 3.05) is 23.7 Å². The second kappa shape index (κ2) is 5.40. The summed E-state index contributed by atoms with van der Waals surface area (Å²) in [6, 6.07) is 4.72. The zero-order chi connectivity index (χ0) is 13.0. The summed E-state index contributed by atoms with van der Waals surface area (Å²) in [5.74, 6) is -1.18. The molecule has 0 radical (unpaired) electrons. The van der Waals surface area contributed by atoms with Crippen molar-refractivity contribution in [3.63, 3.8) is 0 Å². The smallest absolute Gasteiger partial charge is 0.236 e. The molecule has 6 nitrogen and oxygen atoms in total. The van der Waals surface area contributed by atoms with E-state index < -0.39 is 11.8 Å². The monoisotopic (exact) mass is 256 g/mol. The fraction of sp³-hybridized carbons (Fsp3) is 0.200. The highest BCUT2D eigenvalue weighted by molar-refractivity contribution is 6.31. The van der Waals surface area contributed by atoms with Crippen molar-refractivity contribution in [3.8, 4) is 0 Å². The quantitative estimate of drug-likeness (QED) is 0.627. The maximum absolute atomic E-state index is 10.9. The summed E-state index contributed by atoms with van der Waals surface area (Å²) < 4.78 is 0. The van der Waals surface area contributed by atoms with E-state index in [0.717, 1.165) is 0 Å². The summed E-state index contributed by atoms with van der Waals surface area (Å²) in [4.78, 5) is 23.2. The molecule has 0 fully saturated rings. The van der Waals surface area contributed by atoms with Crippen LogP contribution in [-0.2, 0) is 9.59 Å². The summed E-state index contributed by atoms with van der Waals surface area (Å²) >= 11 is 5.82. The molecule has 0 atom stereocenters. The molecule has 0 saturated carbocycles. The van der Waals surface area contributed by atoms with E-state index in [2.05, 4.69) is 0 Å². The molecule has 1 rings (SSSR count). The van der Waals surface area contributed by atoms with Gasteiger partial charge in [0.2, 0.25) is 11.8 Å². The Labute approximate surface area is 103 Å². The molecular weight excluding hydrogens is 244 g/mol. The number of nitrogens with two attached hydrogens (primary N) is 3. The summed E-state index contributed by atoms with van der Waals surface area (Å²) in [5.41, 5.74) is 16.8. The van der Waals surface area contributed by atoms with Gasteiger partial charge in [0.1, 0.15) is 0 Å². The Hall–Kier alpha value is -1.95. The molecule has 0 aliphatic rings. The molecular formula is C10H13ClN4O2. The van der Waals surface area contributed by atoms with Crippen molar-refractivity contribution in [2.24, 2.45) is 11.5 Å². The van der Waals surface area contributed by atoms with Crippen LogP contribution in [0.1, 0.15) is 0 Å². The molecule has 7 heteroatoms. The van der Waals surface area contributed by atoms with Crippen molar-refractivity contribution in [1.29, 1.82) is 0 Å². The van der Waals surface area contributed by atoms with Gasteiger partial charge in [-0.15, -0.1) is 0 Å². The molecule has 0 heterocycles. The first-order chi connectivity index (χ1) is 7.90. The number of hydrogen-bond acceptors (Lipinski definition) is 4. The van der Waals surface area contributed by atoms with E-state index in [0.29, 0.717) is 16.4 Å². The first-order valence-electron chi connectivity index (χ1n) is 4.76. The number of carbonyl (C=O) groups is 2.